The molecule has 160 valence electrons. The van der Waals surface area contributed by atoms with Crippen molar-refractivity contribution in [2.24, 2.45) is 0 Å². The number of carbonyl (C=O) groups excluding carboxylic acids is 1. The van der Waals surface area contributed by atoms with Crippen molar-refractivity contribution in [3.8, 4) is 0 Å². The van der Waals surface area contributed by atoms with Gasteiger partial charge in [0.1, 0.15) is 5.82 Å². The smallest absolute Gasteiger partial charge is 0.335 e. The Labute approximate surface area is 183 Å². The molecule has 7 heteroatoms. The van der Waals surface area contributed by atoms with E-state index >= 15 is 0 Å². The summed E-state index contributed by atoms with van der Waals surface area (Å²) in [6.07, 6.45) is 1.22. The van der Waals surface area contributed by atoms with Crippen molar-refractivity contribution in [2.45, 2.75) is 32.4 Å². The Morgan fingerprint density at radius 1 is 1.16 bits per heavy atom. The van der Waals surface area contributed by atoms with E-state index in [1.165, 1.54) is 24.3 Å². The van der Waals surface area contributed by atoms with E-state index in [0.29, 0.717) is 31.6 Å². The number of aromatic carboxylic acids is 1. The minimum atomic E-state index is -0.985. The van der Waals surface area contributed by atoms with Crippen molar-refractivity contribution in [3.05, 3.63) is 91.9 Å². The second-order valence-corrected chi connectivity index (χ2v) is 8.72. The minimum absolute atomic E-state index is 0.161. The van der Waals surface area contributed by atoms with E-state index in [2.05, 4.69) is 5.32 Å². The van der Waals surface area contributed by atoms with Crippen LogP contribution in [0.5, 0.6) is 0 Å². The number of ether oxygens (including phenoxy) is 1. The molecule has 1 amide bonds. The van der Waals surface area contributed by atoms with Crippen LogP contribution in [0, 0.1) is 5.82 Å². The monoisotopic (exact) mass is 439 g/mol. The van der Waals surface area contributed by atoms with Gasteiger partial charge in [0.15, 0.2) is 0 Å². The number of carbonyl (C=O) groups is 2. The van der Waals surface area contributed by atoms with Crippen LogP contribution in [0.3, 0.4) is 0 Å². The van der Waals surface area contributed by atoms with Crippen LogP contribution in [0.15, 0.2) is 48.5 Å². The predicted molar refractivity (Wildman–Crippen MR) is 116 cm³/mol. The number of fused-ring (bicyclic) bond motifs is 1. The fourth-order valence-electron chi connectivity index (χ4n) is 3.73. The van der Waals surface area contributed by atoms with Gasteiger partial charge in [-0.15, -0.1) is 11.3 Å². The number of hydrogen-bond acceptors (Lipinski definition) is 4. The normalized spacial score (nSPS) is 14.0. The highest BCUT2D eigenvalue weighted by Gasteiger charge is 2.26. The van der Waals surface area contributed by atoms with Crippen LogP contribution in [0.1, 0.15) is 60.1 Å². The lowest BCUT2D eigenvalue weighted by Gasteiger charge is -2.17. The molecule has 1 atom stereocenters. The first-order chi connectivity index (χ1) is 14.9. The van der Waals surface area contributed by atoms with E-state index in [1.807, 2.05) is 6.92 Å². The summed E-state index contributed by atoms with van der Waals surface area (Å²) in [5.41, 5.74) is 3.68. The summed E-state index contributed by atoms with van der Waals surface area (Å²) in [5.74, 6) is -1.43. The van der Waals surface area contributed by atoms with Crippen LogP contribution >= 0.6 is 11.3 Å². The molecule has 1 aromatic heterocycles. The van der Waals surface area contributed by atoms with Crippen molar-refractivity contribution in [1.82, 2.24) is 5.32 Å². The molecule has 3 aromatic rings. The van der Waals surface area contributed by atoms with Gasteiger partial charge in [0.05, 0.1) is 30.4 Å². The van der Waals surface area contributed by atoms with Crippen molar-refractivity contribution in [2.75, 3.05) is 6.61 Å². The van der Waals surface area contributed by atoms with E-state index in [9.17, 15) is 14.0 Å². The first-order valence-electron chi connectivity index (χ1n) is 10.0. The average molecular weight is 440 g/mol. The lowest BCUT2D eigenvalue weighted by atomic mass is 9.99. The van der Waals surface area contributed by atoms with Crippen molar-refractivity contribution in [3.63, 3.8) is 0 Å². The van der Waals surface area contributed by atoms with E-state index < -0.39 is 5.97 Å². The molecule has 1 aliphatic rings. The minimum Gasteiger partial charge on any atom is -0.478 e. The summed E-state index contributed by atoms with van der Waals surface area (Å²) < 4.78 is 18.9. The Balaban J connectivity index is 1.59. The molecule has 0 bridgehead atoms. The van der Waals surface area contributed by atoms with E-state index in [-0.39, 0.29) is 23.3 Å². The molecular weight excluding hydrogens is 417 g/mol. The van der Waals surface area contributed by atoms with Gasteiger partial charge in [0.25, 0.3) is 5.91 Å². The largest absolute Gasteiger partial charge is 0.478 e. The van der Waals surface area contributed by atoms with E-state index in [1.54, 1.807) is 35.6 Å². The van der Waals surface area contributed by atoms with Gasteiger partial charge in [0, 0.05) is 16.2 Å². The van der Waals surface area contributed by atoms with Crippen LogP contribution in [0.25, 0.3) is 0 Å². The summed E-state index contributed by atoms with van der Waals surface area (Å²) in [6.45, 7) is 2.94. The third-order valence-corrected chi connectivity index (χ3v) is 6.61. The molecule has 4 rings (SSSR count). The summed E-state index contributed by atoms with van der Waals surface area (Å²) in [7, 11) is 0. The lowest BCUT2D eigenvalue weighted by Crippen LogP contribution is -2.28. The molecule has 0 unspecified atom stereocenters. The number of hydrogen-bond donors (Lipinski definition) is 2. The summed E-state index contributed by atoms with van der Waals surface area (Å²) >= 11 is 1.57. The van der Waals surface area contributed by atoms with Gasteiger partial charge in [-0.05, 0) is 54.3 Å². The van der Waals surface area contributed by atoms with Crippen molar-refractivity contribution < 1.29 is 23.8 Å². The van der Waals surface area contributed by atoms with Crippen LogP contribution in [-0.2, 0) is 24.2 Å². The zero-order valence-electron chi connectivity index (χ0n) is 17.0. The molecule has 0 radical (unpaired) electrons. The number of nitrogens with one attached hydrogen (secondary N) is 1. The Morgan fingerprint density at radius 3 is 2.55 bits per heavy atom. The number of carboxylic acids is 1. The van der Waals surface area contributed by atoms with Gasteiger partial charge >= 0.3 is 5.97 Å². The summed E-state index contributed by atoms with van der Waals surface area (Å²) in [5, 5.41) is 12.1. The van der Waals surface area contributed by atoms with Gasteiger partial charge in [-0.3, -0.25) is 4.79 Å². The third-order valence-electron chi connectivity index (χ3n) is 5.40. The van der Waals surface area contributed by atoms with E-state index in [0.717, 1.165) is 26.4 Å². The van der Waals surface area contributed by atoms with Crippen LogP contribution in [0.4, 0.5) is 4.39 Å². The van der Waals surface area contributed by atoms with Crippen molar-refractivity contribution >= 4 is 23.2 Å². The van der Waals surface area contributed by atoms with Crippen LogP contribution in [-0.4, -0.2) is 23.6 Å². The molecule has 2 aromatic carbocycles. The van der Waals surface area contributed by atoms with Crippen LogP contribution < -0.4 is 5.32 Å². The van der Waals surface area contributed by atoms with Gasteiger partial charge in [-0.1, -0.05) is 24.3 Å². The van der Waals surface area contributed by atoms with Crippen molar-refractivity contribution in [1.29, 1.82) is 0 Å². The van der Waals surface area contributed by atoms with Gasteiger partial charge < -0.3 is 15.2 Å². The fraction of sp³-hybridized carbons (Fsp3) is 0.250. The molecule has 0 aliphatic carbocycles. The molecule has 0 saturated carbocycles. The lowest BCUT2D eigenvalue weighted by molar-refractivity contribution is 0.0696. The van der Waals surface area contributed by atoms with Gasteiger partial charge in [-0.2, -0.15) is 0 Å². The molecule has 2 heterocycles. The standard InChI is InChI=1S/C24H22FNO4S/c1-14(16-4-6-17(7-5-16)24(28)29)26-23(27)22-19-10-11-30-13-21(19)31-20(22)12-15-2-8-18(25)9-3-15/h2-9,14H,10-13H2,1H3,(H,26,27)(H,28,29)/t14-/m1/s1. The fourth-order valence-corrected chi connectivity index (χ4v) is 5.06. The molecular formula is C24H22FNO4S. The third kappa shape index (κ3) is 4.68. The summed E-state index contributed by atoms with van der Waals surface area (Å²) in [6, 6.07) is 12.5. The topological polar surface area (TPSA) is 75.6 Å². The Kier molecular flexibility index (Phi) is 6.15. The molecule has 0 fully saturated rings. The average Bonchev–Trinajstić information content (AvgIpc) is 3.13. The highest BCUT2D eigenvalue weighted by atomic mass is 32.1. The maximum atomic E-state index is 13.3. The first-order valence-corrected chi connectivity index (χ1v) is 10.8. The molecule has 2 N–H and O–H groups in total. The molecule has 1 aliphatic heterocycles. The van der Waals surface area contributed by atoms with Gasteiger partial charge in [0.2, 0.25) is 0 Å². The maximum absolute atomic E-state index is 13.3. The molecule has 5 nitrogen and oxygen atoms in total. The van der Waals surface area contributed by atoms with Crippen LogP contribution in [0.2, 0.25) is 0 Å². The SMILES string of the molecule is C[C@@H](NC(=O)c1c(Cc2ccc(F)cc2)sc2c1CCOC2)c1ccc(C(=O)O)cc1. The highest BCUT2D eigenvalue weighted by molar-refractivity contribution is 7.12. The Morgan fingerprint density at radius 2 is 1.87 bits per heavy atom. The number of rotatable bonds is 6. The zero-order chi connectivity index (χ0) is 22.0. The Hall–Kier alpha value is -3.03. The summed E-state index contributed by atoms with van der Waals surface area (Å²) in [4.78, 5) is 26.4. The second-order valence-electron chi connectivity index (χ2n) is 7.53. The quantitative estimate of drug-likeness (QED) is 0.582. The number of carboxylic acid groups (broad SMARTS) is 1. The molecule has 0 spiro atoms. The molecule has 0 saturated heterocycles. The first kappa shape index (κ1) is 21.2. The second kappa shape index (κ2) is 8.99. The number of benzene rings is 2. The number of thiophene rings is 1. The molecule has 31 heavy (non-hydrogen) atoms. The van der Waals surface area contributed by atoms with Gasteiger partial charge in [-0.25, -0.2) is 9.18 Å². The number of amides is 1. The zero-order valence-corrected chi connectivity index (χ0v) is 17.8. The number of halogens is 1. The highest BCUT2D eigenvalue weighted by Crippen LogP contribution is 2.34. The maximum Gasteiger partial charge on any atom is 0.335 e. The Bertz CT molecular complexity index is 1110. The van der Waals surface area contributed by atoms with E-state index in [4.69, 9.17) is 9.84 Å². The predicted octanol–water partition coefficient (Wildman–Crippen LogP) is 4.74.